The maximum atomic E-state index is 10.8. The minimum absolute atomic E-state index is 0.265. The zero-order valence-corrected chi connectivity index (χ0v) is 16.9. The van der Waals surface area contributed by atoms with Crippen molar-refractivity contribution in [2.24, 2.45) is 5.41 Å². The molecule has 0 amide bonds. The summed E-state index contributed by atoms with van der Waals surface area (Å²) in [4.78, 5) is 10.8. The van der Waals surface area contributed by atoms with Crippen molar-refractivity contribution in [1.82, 2.24) is 0 Å². The van der Waals surface area contributed by atoms with Gasteiger partial charge < -0.3 is 5.11 Å². The van der Waals surface area contributed by atoms with Crippen molar-refractivity contribution in [3.63, 3.8) is 0 Å². The van der Waals surface area contributed by atoms with Crippen molar-refractivity contribution in [2.45, 2.75) is 79.1 Å². The second kappa shape index (κ2) is 9.21. The summed E-state index contributed by atoms with van der Waals surface area (Å²) in [5.74, 6) is -0.885. The van der Waals surface area contributed by atoms with E-state index in [2.05, 4.69) is 39.0 Å². The largest absolute Gasteiger partial charge is 0.478 e. The SMILES string of the molecule is CC1=C(/C=C/C2=C(/C=C/C(C)=C/C(=O)O)CCCCC2)C(C)(C)CCC1. The summed E-state index contributed by atoms with van der Waals surface area (Å²) >= 11 is 0. The van der Waals surface area contributed by atoms with E-state index in [0.29, 0.717) is 0 Å². The van der Waals surface area contributed by atoms with Gasteiger partial charge in [0.1, 0.15) is 0 Å². The van der Waals surface area contributed by atoms with E-state index in [9.17, 15) is 4.79 Å². The van der Waals surface area contributed by atoms with Gasteiger partial charge in [-0.05, 0) is 86.5 Å². The molecular formula is C24H34O2. The molecule has 0 aromatic heterocycles. The molecule has 2 aliphatic rings. The molecule has 2 rings (SSSR count). The molecule has 0 heterocycles. The van der Waals surface area contributed by atoms with Crippen molar-refractivity contribution in [3.05, 3.63) is 58.2 Å². The molecule has 0 bridgehead atoms. The van der Waals surface area contributed by atoms with Gasteiger partial charge in [-0.3, -0.25) is 0 Å². The van der Waals surface area contributed by atoms with Gasteiger partial charge in [0.15, 0.2) is 0 Å². The molecule has 0 spiro atoms. The van der Waals surface area contributed by atoms with E-state index in [1.165, 1.54) is 66.9 Å². The number of carboxylic acids is 1. The Balaban J connectivity index is 2.30. The number of hydrogen-bond acceptors (Lipinski definition) is 1. The fourth-order valence-corrected chi connectivity index (χ4v) is 4.18. The first kappa shape index (κ1) is 20.5. The van der Waals surface area contributed by atoms with Gasteiger partial charge in [0.25, 0.3) is 0 Å². The van der Waals surface area contributed by atoms with Gasteiger partial charge in [-0.15, -0.1) is 0 Å². The van der Waals surface area contributed by atoms with Crippen LogP contribution in [0.2, 0.25) is 0 Å². The van der Waals surface area contributed by atoms with Gasteiger partial charge in [0.2, 0.25) is 0 Å². The first-order valence-corrected chi connectivity index (χ1v) is 9.99. The lowest BCUT2D eigenvalue weighted by Gasteiger charge is -2.33. The van der Waals surface area contributed by atoms with Gasteiger partial charge in [0, 0.05) is 6.08 Å². The third-order valence-corrected chi connectivity index (χ3v) is 5.70. The summed E-state index contributed by atoms with van der Waals surface area (Å²) in [5, 5.41) is 8.88. The summed E-state index contributed by atoms with van der Waals surface area (Å²) in [7, 11) is 0. The number of allylic oxidation sites excluding steroid dienone is 9. The van der Waals surface area contributed by atoms with Crippen molar-refractivity contribution >= 4 is 5.97 Å². The number of carbonyl (C=O) groups is 1. The van der Waals surface area contributed by atoms with Crippen LogP contribution in [0.3, 0.4) is 0 Å². The zero-order chi connectivity index (χ0) is 19.2. The lowest BCUT2D eigenvalue weighted by Crippen LogP contribution is -2.19. The standard InChI is InChI=1S/C24H34O2/c1-18(17-23(25)26)12-13-20-10-6-5-7-11-21(20)14-15-22-19(2)9-8-16-24(22,3)4/h12-15,17H,5-11,16H2,1-4H3,(H,25,26)/b13-12+,15-14+,18-17+. The smallest absolute Gasteiger partial charge is 0.328 e. The minimum atomic E-state index is -0.885. The molecule has 2 heteroatoms. The van der Waals surface area contributed by atoms with Crippen LogP contribution < -0.4 is 0 Å². The zero-order valence-electron chi connectivity index (χ0n) is 16.9. The number of carboxylic acid groups (broad SMARTS) is 1. The Morgan fingerprint density at radius 3 is 2.23 bits per heavy atom. The topological polar surface area (TPSA) is 37.3 Å². The summed E-state index contributed by atoms with van der Waals surface area (Å²) in [5.41, 5.74) is 6.87. The first-order chi connectivity index (χ1) is 12.3. The molecule has 26 heavy (non-hydrogen) atoms. The fraction of sp³-hybridized carbons (Fsp3) is 0.542. The molecule has 0 atom stereocenters. The normalized spacial score (nSPS) is 22.4. The Morgan fingerprint density at radius 2 is 1.62 bits per heavy atom. The highest BCUT2D eigenvalue weighted by atomic mass is 16.4. The van der Waals surface area contributed by atoms with Crippen molar-refractivity contribution in [2.75, 3.05) is 0 Å². The molecule has 0 fully saturated rings. The van der Waals surface area contributed by atoms with E-state index in [1.807, 2.05) is 13.0 Å². The Bertz CT molecular complexity index is 681. The minimum Gasteiger partial charge on any atom is -0.478 e. The average molecular weight is 355 g/mol. The predicted molar refractivity (Wildman–Crippen MR) is 110 cm³/mol. The van der Waals surface area contributed by atoms with Gasteiger partial charge in [-0.2, -0.15) is 0 Å². The van der Waals surface area contributed by atoms with Crippen LogP contribution in [0, 0.1) is 5.41 Å². The molecule has 1 N–H and O–H groups in total. The molecule has 0 radical (unpaired) electrons. The quantitative estimate of drug-likeness (QED) is 0.430. The Kier molecular flexibility index (Phi) is 7.25. The lowest BCUT2D eigenvalue weighted by molar-refractivity contribution is -0.131. The maximum absolute atomic E-state index is 10.8. The second-order valence-corrected chi connectivity index (χ2v) is 8.44. The Labute approximate surface area is 159 Å². The predicted octanol–water partition coefficient (Wildman–Crippen LogP) is 6.92. The van der Waals surface area contributed by atoms with Crippen LogP contribution in [-0.2, 0) is 4.79 Å². The Hall–Kier alpha value is -1.83. The fourth-order valence-electron chi connectivity index (χ4n) is 4.18. The highest BCUT2D eigenvalue weighted by Gasteiger charge is 2.26. The van der Waals surface area contributed by atoms with E-state index in [0.717, 1.165) is 18.4 Å². The van der Waals surface area contributed by atoms with E-state index in [4.69, 9.17) is 5.11 Å². The van der Waals surface area contributed by atoms with Gasteiger partial charge in [-0.25, -0.2) is 4.79 Å². The van der Waals surface area contributed by atoms with Gasteiger partial charge in [0.05, 0.1) is 0 Å². The highest BCUT2D eigenvalue weighted by molar-refractivity contribution is 5.81. The molecule has 0 aromatic carbocycles. The summed E-state index contributed by atoms with van der Waals surface area (Å²) in [6.07, 6.45) is 19.7. The lowest BCUT2D eigenvalue weighted by atomic mass is 9.72. The van der Waals surface area contributed by atoms with Crippen molar-refractivity contribution < 1.29 is 9.90 Å². The molecule has 0 unspecified atom stereocenters. The van der Waals surface area contributed by atoms with E-state index in [1.54, 1.807) is 0 Å². The Morgan fingerprint density at radius 1 is 0.962 bits per heavy atom. The number of hydrogen-bond donors (Lipinski definition) is 1. The maximum Gasteiger partial charge on any atom is 0.328 e. The van der Waals surface area contributed by atoms with Crippen molar-refractivity contribution in [1.29, 1.82) is 0 Å². The van der Waals surface area contributed by atoms with Gasteiger partial charge >= 0.3 is 5.97 Å². The molecule has 142 valence electrons. The molecular weight excluding hydrogens is 320 g/mol. The molecule has 2 aliphatic carbocycles. The van der Waals surface area contributed by atoms with Crippen LogP contribution in [-0.4, -0.2) is 11.1 Å². The molecule has 2 nitrogen and oxygen atoms in total. The summed E-state index contributed by atoms with van der Waals surface area (Å²) < 4.78 is 0. The van der Waals surface area contributed by atoms with Crippen molar-refractivity contribution in [3.8, 4) is 0 Å². The third kappa shape index (κ3) is 5.86. The van der Waals surface area contributed by atoms with Crippen LogP contribution in [0.15, 0.2) is 58.2 Å². The van der Waals surface area contributed by atoms with Crippen LogP contribution in [0.1, 0.15) is 79.1 Å². The summed E-state index contributed by atoms with van der Waals surface area (Å²) in [6, 6.07) is 0. The van der Waals surface area contributed by atoms with Crippen LogP contribution in [0.25, 0.3) is 0 Å². The third-order valence-electron chi connectivity index (χ3n) is 5.70. The monoisotopic (exact) mass is 354 g/mol. The first-order valence-electron chi connectivity index (χ1n) is 9.99. The molecule has 0 saturated heterocycles. The molecule has 0 saturated carbocycles. The number of aliphatic carboxylic acids is 1. The van der Waals surface area contributed by atoms with E-state index in [-0.39, 0.29) is 5.41 Å². The van der Waals surface area contributed by atoms with Gasteiger partial charge in [-0.1, -0.05) is 50.1 Å². The molecule has 0 aliphatic heterocycles. The van der Waals surface area contributed by atoms with Crippen LogP contribution in [0.5, 0.6) is 0 Å². The second-order valence-electron chi connectivity index (χ2n) is 8.44. The van der Waals surface area contributed by atoms with E-state index < -0.39 is 5.97 Å². The molecule has 0 aromatic rings. The highest BCUT2D eigenvalue weighted by Crippen LogP contribution is 2.41. The van der Waals surface area contributed by atoms with Crippen LogP contribution >= 0.6 is 0 Å². The summed E-state index contributed by atoms with van der Waals surface area (Å²) in [6.45, 7) is 8.84. The van der Waals surface area contributed by atoms with Crippen LogP contribution in [0.4, 0.5) is 0 Å². The van der Waals surface area contributed by atoms with E-state index >= 15 is 0 Å². The number of rotatable bonds is 5. The average Bonchev–Trinajstić information content (AvgIpc) is 2.76.